The molecule has 82 valence electrons. The maximum absolute atomic E-state index is 8.73. The molecule has 0 aliphatic rings. The van der Waals surface area contributed by atoms with Crippen LogP contribution >= 0.6 is 0 Å². The van der Waals surface area contributed by atoms with Crippen molar-refractivity contribution < 1.29 is 4.74 Å². The molecule has 1 rings (SSSR count). The molecule has 5 heteroatoms. The monoisotopic (exact) mass is 223 g/mol. The predicted molar refractivity (Wildman–Crippen MR) is 61.1 cm³/mol. The summed E-state index contributed by atoms with van der Waals surface area (Å²) in [6, 6.07) is 3.21. The van der Waals surface area contributed by atoms with Gasteiger partial charge < -0.3 is 4.74 Å². The summed E-state index contributed by atoms with van der Waals surface area (Å²) in [6.45, 7) is 8.12. The van der Waals surface area contributed by atoms with Crippen LogP contribution in [0.5, 0.6) is 0 Å². The lowest BCUT2D eigenvalue weighted by Crippen LogP contribution is -2.21. The zero-order valence-electron chi connectivity index (χ0n) is 9.50. The van der Waals surface area contributed by atoms with E-state index >= 15 is 0 Å². The molecule has 0 spiro atoms. The van der Waals surface area contributed by atoms with Crippen molar-refractivity contribution in [3.05, 3.63) is 17.5 Å². The largest absolute Gasteiger partial charge is 0.375 e. The molecule has 1 aromatic heterocycles. The maximum atomic E-state index is 8.73. The van der Waals surface area contributed by atoms with Gasteiger partial charge in [0.25, 0.3) is 0 Å². The molecule has 0 aromatic carbocycles. The fourth-order valence-electron chi connectivity index (χ4n) is 1.07. The molecule has 0 bridgehead atoms. The van der Waals surface area contributed by atoms with Gasteiger partial charge in [0.15, 0.2) is 0 Å². The average molecular weight is 223 g/mol. The van der Waals surface area contributed by atoms with Crippen LogP contribution in [0.15, 0.2) is 6.20 Å². The van der Waals surface area contributed by atoms with Gasteiger partial charge in [-0.05, 0) is 6.04 Å². The average Bonchev–Trinajstić information content (AvgIpc) is 2.58. The Balaban J connectivity index is 2.30. The highest BCUT2D eigenvalue weighted by molar-refractivity contribution is 6.76. The smallest absolute Gasteiger partial charge is 0.106 e. The summed E-state index contributed by atoms with van der Waals surface area (Å²) in [6.07, 6.45) is 1.59. The Labute approximate surface area is 91.3 Å². The molecule has 1 heterocycles. The summed E-state index contributed by atoms with van der Waals surface area (Å²) in [4.78, 5) is 0. The highest BCUT2D eigenvalue weighted by Gasteiger charge is 2.12. The van der Waals surface area contributed by atoms with Gasteiger partial charge in [0.05, 0.1) is 12.2 Å². The molecule has 0 atom stereocenters. The highest BCUT2D eigenvalue weighted by Crippen LogP contribution is 2.09. The van der Waals surface area contributed by atoms with E-state index in [1.54, 1.807) is 6.20 Å². The van der Waals surface area contributed by atoms with Crippen molar-refractivity contribution >= 4 is 8.07 Å². The quantitative estimate of drug-likeness (QED) is 0.614. The van der Waals surface area contributed by atoms with Crippen LogP contribution < -0.4 is 0 Å². The third-order valence-electron chi connectivity index (χ3n) is 2.07. The van der Waals surface area contributed by atoms with E-state index in [0.717, 1.165) is 12.7 Å². The molecular formula is C10H17N3OSi. The highest BCUT2D eigenvalue weighted by atomic mass is 28.3. The molecule has 0 amide bonds. The molecule has 0 aliphatic carbocycles. The lowest BCUT2D eigenvalue weighted by atomic mass is 10.3. The van der Waals surface area contributed by atoms with Gasteiger partial charge in [-0.2, -0.15) is 10.4 Å². The summed E-state index contributed by atoms with van der Waals surface area (Å²) < 4.78 is 5.50. The number of nitriles is 1. The minimum atomic E-state index is -1.02. The second-order valence-corrected chi connectivity index (χ2v) is 10.3. The minimum Gasteiger partial charge on any atom is -0.375 e. The van der Waals surface area contributed by atoms with Crippen LogP contribution in [0.25, 0.3) is 0 Å². The number of aromatic nitrogens is 2. The van der Waals surface area contributed by atoms with Crippen molar-refractivity contribution in [3.8, 4) is 6.07 Å². The molecule has 0 saturated carbocycles. The first kappa shape index (κ1) is 11.9. The number of hydrogen-bond donors (Lipinski definition) is 1. The van der Waals surface area contributed by atoms with Gasteiger partial charge in [-0.25, -0.2) is 0 Å². The van der Waals surface area contributed by atoms with E-state index in [1.165, 1.54) is 0 Å². The molecule has 0 unspecified atom stereocenters. The van der Waals surface area contributed by atoms with Crippen LogP contribution in [0, 0.1) is 11.3 Å². The van der Waals surface area contributed by atoms with Crippen molar-refractivity contribution in [1.82, 2.24) is 10.2 Å². The lowest BCUT2D eigenvalue weighted by molar-refractivity contribution is 0.130. The third-order valence-corrected chi connectivity index (χ3v) is 3.78. The van der Waals surface area contributed by atoms with Gasteiger partial charge in [0.1, 0.15) is 11.8 Å². The van der Waals surface area contributed by atoms with E-state index in [1.807, 2.05) is 0 Å². The number of rotatable bonds is 5. The third kappa shape index (κ3) is 4.28. The molecule has 1 aromatic rings. The van der Waals surface area contributed by atoms with E-state index in [-0.39, 0.29) is 0 Å². The number of nitrogens with zero attached hydrogens (tertiary/aromatic N) is 2. The maximum Gasteiger partial charge on any atom is 0.106 e. The van der Waals surface area contributed by atoms with Gasteiger partial charge in [-0.15, -0.1) is 0 Å². The van der Waals surface area contributed by atoms with Crippen LogP contribution in [-0.2, 0) is 11.3 Å². The van der Waals surface area contributed by atoms with Crippen molar-refractivity contribution in [2.75, 3.05) is 6.61 Å². The Bertz CT molecular complexity index is 348. The Morgan fingerprint density at radius 2 is 2.27 bits per heavy atom. The standard InChI is InChI=1S/C10H17N3OSi/c1-15(2,3)5-4-14-8-10-9(6-11)7-12-13-10/h7H,4-5,8H2,1-3H3,(H,12,13). The van der Waals surface area contributed by atoms with E-state index in [4.69, 9.17) is 10.00 Å². The molecule has 15 heavy (non-hydrogen) atoms. The van der Waals surface area contributed by atoms with E-state index in [0.29, 0.717) is 17.9 Å². The zero-order valence-corrected chi connectivity index (χ0v) is 10.5. The summed E-state index contributed by atoms with van der Waals surface area (Å²) in [7, 11) is -1.02. The Morgan fingerprint density at radius 1 is 1.53 bits per heavy atom. The van der Waals surface area contributed by atoms with Crippen molar-refractivity contribution in [2.45, 2.75) is 32.3 Å². The molecule has 0 fully saturated rings. The van der Waals surface area contributed by atoms with Crippen molar-refractivity contribution in [2.24, 2.45) is 0 Å². The lowest BCUT2D eigenvalue weighted by Gasteiger charge is -2.14. The minimum absolute atomic E-state index is 0.427. The van der Waals surface area contributed by atoms with Gasteiger partial charge in [0.2, 0.25) is 0 Å². The summed E-state index contributed by atoms with van der Waals surface area (Å²) >= 11 is 0. The topological polar surface area (TPSA) is 61.7 Å². The number of aromatic amines is 1. The van der Waals surface area contributed by atoms with Crippen LogP contribution in [0.4, 0.5) is 0 Å². The second kappa shape index (κ2) is 5.10. The SMILES string of the molecule is C[Si](C)(C)CCOCc1n[nH]cc1C#N. The van der Waals surface area contributed by atoms with Gasteiger partial charge >= 0.3 is 0 Å². The fourth-order valence-corrected chi connectivity index (χ4v) is 1.83. The number of ether oxygens (including phenoxy) is 1. The molecule has 0 aliphatic heterocycles. The van der Waals surface area contributed by atoms with Gasteiger partial charge in [-0.1, -0.05) is 19.6 Å². The Kier molecular flexibility index (Phi) is 4.06. The zero-order chi connectivity index (χ0) is 11.3. The molecule has 1 N–H and O–H groups in total. The van der Waals surface area contributed by atoms with Crippen molar-refractivity contribution in [3.63, 3.8) is 0 Å². The predicted octanol–water partition coefficient (Wildman–Crippen LogP) is 2.14. The first-order valence-corrected chi connectivity index (χ1v) is 8.74. The number of nitrogens with one attached hydrogen (secondary N) is 1. The molecule has 0 saturated heterocycles. The first-order valence-electron chi connectivity index (χ1n) is 5.03. The Morgan fingerprint density at radius 3 is 2.87 bits per heavy atom. The van der Waals surface area contributed by atoms with Gasteiger partial charge in [-0.3, -0.25) is 5.10 Å². The van der Waals surface area contributed by atoms with Crippen LogP contribution in [0.2, 0.25) is 25.7 Å². The summed E-state index contributed by atoms with van der Waals surface area (Å²) in [5.41, 5.74) is 1.27. The van der Waals surface area contributed by atoms with E-state index in [2.05, 4.69) is 35.9 Å². The first-order chi connectivity index (χ1) is 7.03. The normalized spacial score (nSPS) is 11.3. The van der Waals surface area contributed by atoms with Crippen LogP contribution in [0.1, 0.15) is 11.3 Å². The van der Waals surface area contributed by atoms with Gasteiger partial charge in [0, 0.05) is 20.9 Å². The number of hydrogen-bond acceptors (Lipinski definition) is 3. The van der Waals surface area contributed by atoms with E-state index in [9.17, 15) is 0 Å². The summed E-state index contributed by atoms with van der Waals surface area (Å²) in [5, 5.41) is 15.4. The van der Waals surface area contributed by atoms with Crippen LogP contribution in [0.3, 0.4) is 0 Å². The molecular weight excluding hydrogens is 206 g/mol. The molecule has 4 nitrogen and oxygen atoms in total. The van der Waals surface area contributed by atoms with E-state index < -0.39 is 8.07 Å². The summed E-state index contributed by atoms with van der Waals surface area (Å²) in [5.74, 6) is 0. The fraction of sp³-hybridized carbons (Fsp3) is 0.600. The second-order valence-electron chi connectivity index (χ2n) is 4.72. The molecule has 0 radical (unpaired) electrons. The van der Waals surface area contributed by atoms with Crippen LogP contribution in [-0.4, -0.2) is 24.9 Å². The van der Waals surface area contributed by atoms with Crippen molar-refractivity contribution in [1.29, 1.82) is 5.26 Å². The Hall–Kier alpha value is -1.12. The number of H-pyrrole nitrogens is 1.